The Morgan fingerprint density at radius 3 is 2.52 bits per heavy atom. The monoisotopic (exact) mass is 475 g/mol. The lowest BCUT2D eigenvalue weighted by atomic mass is 10.1. The average molecular weight is 476 g/mol. The van der Waals surface area contributed by atoms with Gasteiger partial charge >= 0.3 is 12.0 Å². The standard InChI is InChI=1S/C22H20ClF2N5O3/c1-22(24,25)15-9-14(7-8-16(15)23)29-21(32)28-10-12-3-5-13(6-4-12)17-11-27-19(26)18(30-17)20(31)33-2/h3-9,11H,10H2,1-2H3,(H2,26,27)(H2,28,29,32). The summed E-state index contributed by atoms with van der Waals surface area (Å²) in [6.07, 6.45) is 1.43. The maximum atomic E-state index is 13.6. The molecule has 0 spiro atoms. The Bertz CT molecular complexity index is 1180. The number of rotatable bonds is 6. The van der Waals surface area contributed by atoms with Gasteiger partial charge in [-0.2, -0.15) is 0 Å². The Kier molecular flexibility index (Phi) is 7.07. The van der Waals surface area contributed by atoms with Crippen LogP contribution in [0, 0.1) is 0 Å². The summed E-state index contributed by atoms with van der Waals surface area (Å²) < 4.78 is 31.9. The second-order valence-corrected chi connectivity index (χ2v) is 7.48. The number of benzene rings is 2. The number of ether oxygens (including phenoxy) is 1. The first kappa shape index (κ1) is 23.9. The summed E-state index contributed by atoms with van der Waals surface area (Å²) in [7, 11) is 1.22. The third kappa shape index (κ3) is 5.92. The van der Waals surface area contributed by atoms with Crippen molar-refractivity contribution >= 4 is 35.1 Å². The zero-order valence-corrected chi connectivity index (χ0v) is 18.4. The van der Waals surface area contributed by atoms with Crippen LogP contribution < -0.4 is 16.4 Å². The molecule has 11 heteroatoms. The van der Waals surface area contributed by atoms with Gasteiger partial charge in [0.1, 0.15) is 0 Å². The van der Waals surface area contributed by atoms with E-state index in [0.29, 0.717) is 11.3 Å². The fraction of sp³-hybridized carbons (Fsp3) is 0.182. The van der Waals surface area contributed by atoms with E-state index in [1.807, 2.05) is 0 Å². The maximum Gasteiger partial charge on any atom is 0.360 e. The predicted octanol–water partition coefficient (Wildman–Crippen LogP) is 4.60. The number of nitrogens with zero attached hydrogens (tertiary/aromatic N) is 2. The van der Waals surface area contributed by atoms with E-state index in [1.54, 1.807) is 24.3 Å². The van der Waals surface area contributed by atoms with Gasteiger partial charge in [0, 0.05) is 35.3 Å². The Hall–Kier alpha value is -3.79. The first-order valence-corrected chi connectivity index (χ1v) is 9.99. The lowest BCUT2D eigenvalue weighted by Crippen LogP contribution is -2.28. The molecule has 172 valence electrons. The van der Waals surface area contributed by atoms with Crippen LogP contribution in [0.15, 0.2) is 48.7 Å². The highest BCUT2D eigenvalue weighted by molar-refractivity contribution is 6.31. The molecule has 8 nitrogen and oxygen atoms in total. The van der Waals surface area contributed by atoms with Crippen LogP contribution in [0.1, 0.15) is 28.5 Å². The van der Waals surface area contributed by atoms with Crippen LogP contribution in [-0.4, -0.2) is 29.1 Å². The van der Waals surface area contributed by atoms with Gasteiger partial charge < -0.3 is 21.1 Å². The zero-order chi connectivity index (χ0) is 24.2. The zero-order valence-electron chi connectivity index (χ0n) is 17.7. The number of nitrogens with one attached hydrogen (secondary N) is 2. The van der Waals surface area contributed by atoms with E-state index in [-0.39, 0.29) is 34.3 Å². The molecule has 2 aromatic carbocycles. The molecule has 0 atom stereocenters. The number of carbonyl (C=O) groups excluding carboxylic acids is 2. The van der Waals surface area contributed by atoms with Crippen molar-refractivity contribution < 1.29 is 23.1 Å². The molecule has 4 N–H and O–H groups in total. The molecule has 0 unspecified atom stereocenters. The van der Waals surface area contributed by atoms with E-state index in [2.05, 4.69) is 25.3 Å². The van der Waals surface area contributed by atoms with Crippen molar-refractivity contribution in [1.29, 1.82) is 0 Å². The third-order valence-corrected chi connectivity index (χ3v) is 4.91. The molecular formula is C22H20ClF2N5O3. The topological polar surface area (TPSA) is 119 Å². The van der Waals surface area contributed by atoms with Crippen LogP contribution in [0.5, 0.6) is 0 Å². The molecule has 3 aromatic rings. The highest BCUT2D eigenvalue weighted by Gasteiger charge is 2.27. The van der Waals surface area contributed by atoms with Crippen molar-refractivity contribution in [3.63, 3.8) is 0 Å². The Labute approximate surface area is 193 Å². The molecule has 33 heavy (non-hydrogen) atoms. The lowest BCUT2D eigenvalue weighted by Gasteiger charge is -2.15. The van der Waals surface area contributed by atoms with Crippen molar-refractivity contribution in [3.05, 3.63) is 70.5 Å². The van der Waals surface area contributed by atoms with Crippen LogP contribution in [0.2, 0.25) is 5.02 Å². The molecule has 2 amide bonds. The summed E-state index contributed by atoms with van der Waals surface area (Å²) in [6.45, 7) is 0.908. The van der Waals surface area contributed by atoms with Gasteiger partial charge in [-0.25, -0.2) is 28.3 Å². The number of esters is 1. The van der Waals surface area contributed by atoms with Gasteiger partial charge in [0.2, 0.25) is 0 Å². The highest BCUT2D eigenvalue weighted by atomic mass is 35.5. The van der Waals surface area contributed by atoms with Crippen LogP contribution in [-0.2, 0) is 17.2 Å². The third-order valence-electron chi connectivity index (χ3n) is 4.58. The van der Waals surface area contributed by atoms with Crippen molar-refractivity contribution in [2.45, 2.75) is 19.4 Å². The van der Waals surface area contributed by atoms with E-state index < -0.39 is 17.9 Å². The van der Waals surface area contributed by atoms with Crippen molar-refractivity contribution in [2.75, 3.05) is 18.2 Å². The minimum atomic E-state index is -3.14. The minimum Gasteiger partial charge on any atom is -0.464 e. The van der Waals surface area contributed by atoms with Crippen molar-refractivity contribution in [2.24, 2.45) is 0 Å². The number of anilines is 2. The minimum absolute atomic E-state index is 0.0344. The molecule has 0 radical (unpaired) electrons. The van der Waals surface area contributed by atoms with Gasteiger partial charge in [0.05, 0.1) is 19.0 Å². The molecule has 1 heterocycles. The number of urea groups is 1. The number of nitrogens with two attached hydrogens (primary N) is 1. The fourth-order valence-electron chi connectivity index (χ4n) is 2.87. The number of amides is 2. The van der Waals surface area contributed by atoms with Crippen molar-refractivity contribution in [3.8, 4) is 11.3 Å². The molecule has 0 fully saturated rings. The molecule has 1 aromatic heterocycles. The largest absolute Gasteiger partial charge is 0.464 e. The number of halogens is 3. The molecule has 0 saturated heterocycles. The maximum absolute atomic E-state index is 13.6. The number of hydrogen-bond donors (Lipinski definition) is 3. The Morgan fingerprint density at radius 2 is 1.88 bits per heavy atom. The Balaban J connectivity index is 1.63. The first-order valence-electron chi connectivity index (χ1n) is 9.61. The first-order chi connectivity index (χ1) is 15.6. The van der Waals surface area contributed by atoms with Gasteiger partial charge in [-0.15, -0.1) is 0 Å². The number of nitrogen functional groups attached to an aromatic ring is 1. The summed E-state index contributed by atoms with van der Waals surface area (Å²) in [4.78, 5) is 32.1. The van der Waals surface area contributed by atoms with E-state index in [1.165, 1.54) is 25.4 Å². The van der Waals surface area contributed by atoms with Crippen LogP contribution in [0.4, 0.5) is 25.1 Å². The summed E-state index contributed by atoms with van der Waals surface area (Å²) in [5.74, 6) is -3.86. The lowest BCUT2D eigenvalue weighted by molar-refractivity contribution is 0.0176. The molecular weight excluding hydrogens is 456 g/mol. The molecule has 0 aliphatic carbocycles. The van der Waals surface area contributed by atoms with E-state index in [4.69, 9.17) is 17.3 Å². The van der Waals surface area contributed by atoms with Crippen LogP contribution >= 0.6 is 11.6 Å². The molecule has 0 aliphatic heterocycles. The van der Waals surface area contributed by atoms with Gasteiger partial charge in [0.15, 0.2) is 11.5 Å². The molecule has 3 rings (SSSR count). The summed E-state index contributed by atoms with van der Waals surface area (Å²) in [5.41, 5.74) is 7.26. The fourth-order valence-corrected chi connectivity index (χ4v) is 3.16. The van der Waals surface area contributed by atoms with Crippen molar-refractivity contribution in [1.82, 2.24) is 15.3 Å². The summed E-state index contributed by atoms with van der Waals surface area (Å²) in [6, 6.07) is 10.3. The average Bonchev–Trinajstić information content (AvgIpc) is 2.78. The number of alkyl halides is 2. The Morgan fingerprint density at radius 1 is 1.18 bits per heavy atom. The van der Waals surface area contributed by atoms with E-state index in [0.717, 1.165) is 18.6 Å². The molecule has 0 bridgehead atoms. The van der Waals surface area contributed by atoms with Crippen LogP contribution in [0.25, 0.3) is 11.3 Å². The number of hydrogen-bond acceptors (Lipinski definition) is 6. The van der Waals surface area contributed by atoms with Gasteiger partial charge in [-0.05, 0) is 23.8 Å². The predicted molar refractivity (Wildman–Crippen MR) is 120 cm³/mol. The second kappa shape index (κ2) is 9.78. The summed E-state index contributed by atoms with van der Waals surface area (Å²) in [5, 5.41) is 5.06. The molecule has 0 aliphatic rings. The van der Waals surface area contributed by atoms with Crippen LogP contribution in [0.3, 0.4) is 0 Å². The van der Waals surface area contributed by atoms with E-state index >= 15 is 0 Å². The smallest absolute Gasteiger partial charge is 0.360 e. The molecule has 0 saturated carbocycles. The number of aromatic nitrogens is 2. The van der Waals surface area contributed by atoms with Gasteiger partial charge in [-0.3, -0.25) is 0 Å². The second-order valence-electron chi connectivity index (χ2n) is 7.07. The highest BCUT2D eigenvalue weighted by Crippen LogP contribution is 2.34. The van der Waals surface area contributed by atoms with Gasteiger partial charge in [-0.1, -0.05) is 35.9 Å². The SMILES string of the molecule is COC(=O)c1nc(-c2ccc(CNC(=O)Nc3ccc(Cl)c(C(C)(F)F)c3)cc2)cnc1N. The normalized spacial score (nSPS) is 11.1. The van der Waals surface area contributed by atoms with Gasteiger partial charge in [0.25, 0.3) is 5.92 Å². The van der Waals surface area contributed by atoms with E-state index in [9.17, 15) is 18.4 Å². The summed E-state index contributed by atoms with van der Waals surface area (Å²) >= 11 is 5.81. The number of carbonyl (C=O) groups is 2. The number of methoxy groups -OCH3 is 1. The quantitative estimate of drug-likeness (QED) is 0.448.